The summed E-state index contributed by atoms with van der Waals surface area (Å²) in [5.41, 5.74) is 3.17. The Morgan fingerprint density at radius 2 is 1.59 bits per heavy atom. The molecule has 0 saturated carbocycles. The Morgan fingerprint density at radius 3 is 2.37 bits per heavy atom. The number of amides is 1. The second-order valence-corrected chi connectivity index (χ2v) is 7.31. The van der Waals surface area contributed by atoms with E-state index in [9.17, 15) is 4.79 Å². The maximum absolute atomic E-state index is 10.3. The average Bonchev–Trinajstić information content (AvgIpc) is 2.74. The number of nitrogens with zero attached hydrogens (tertiary/aromatic N) is 1. The number of rotatable bonds is 0. The molecule has 5 rings (SSSR count). The fraction of sp³-hybridized carbons (Fsp3) is 0.348. The van der Waals surface area contributed by atoms with Gasteiger partial charge in [0.2, 0.25) is 0 Å². The zero-order chi connectivity index (χ0) is 18.6. The normalized spacial score (nSPS) is 16.5. The second kappa shape index (κ2) is 7.97. The molecule has 0 atom stereocenters. The summed E-state index contributed by atoms with van der Waals surface area (Å²) in [7, 11) is 0. The summed E-state index contributed by atoms with van der Waals surface area (Å²) in [6.45, 7) is 2.81. The number of benzene rings is 3. The molecule has 1 heterocycles. The van der Waals surface area contributed by atoms with Crippen LogP contribution in [0.3, 0.4) is 0 Å². The van der Waals surface area contributed by atoms with Gasteiger partial charge in [-0.3, -0.25) is 0 Å². The monoisotopic (exact) mass is 362 g/mol. The number of hydrogen-bond acceptors (Lipinski definition) is 2. The van der Waals surface area contributed by atoms with Gasteiger partial charge in [-0.05, 0) is 58.4 Å². The quantitative estimate of drug-likeness (QED) is 0.581. The summed E-state index contributed by atoms with van der Waals surface area (Å²) >= 11 is 0. The van der Waals surface area contributed by atoms with Crippen molar-refractivity contribution in [2.45, 2.75) is 25.7 Å². The van der Waals surface area contributed by atoms with Crippen molar-refractivity contribution in [2.75, 3.05) is 26.2 Å². The van der Waals surface area contributed by atoms with Crippen molar-refractivity contribution in [3.8, 4) is 0 Å². The molecule has 140 valence electrons. The predicted octanol–water partition coefficient (Wildman–Crippen LogP) is 4.44. The fourth-order valence-electron chi connectivity index (χ4n) is 4.20. The standard InChI is InChI=1S/C18H16.C5H10N2O2/c1-3-7-15-13(5-1)9-11-18-16-8-4-2-6-14(16)10-12-17(15)18;8-5(9)7-3-1-6-2-4-7/h1,3,5,7,9-12H,2,4,6,8H2;6H,1-4H2,(H,8,9). The molecule has 2 N–H and O–H groups in total. The summed E-state index contributed by atoms with van der Waals surface area (Å²) in [6.07, 6.45) is 4.41. The molecule has 2 aliphatic rings. The molecular weight excluding hydrogens is 336 g/mol. The van der Waals surface area contributed by atoms with Crippen molar-refractivity contribution in [2.24, 2.45) is 0 Å². The lowest BCUT2D eigenvalue weighted by Crippen LogP contribution is -2.45. The van der Waals surface area contributed by atoms with E-state index in [4.69, 9.17) is 5.11 Å². The molecule has 27 heavy (non-hydrogen) atoms. The SMILES string of the molecule is O=C(O)N1CCNCC1.c1ccc2c(c1)ccc1c3c(ccc12)CCCC3. The lowest BCUT2D eigenvalue weighted by Gasteiger charge is -2.23. The van der Waals surface area contributed by atoms with Crippen LogP contribution in [0.1, 0.15) is 24.0 Å². The van der Waals surface area contributed by atoms with E-state index < -0.39 is 6.09 Å². The Balaban J connectivity index is 0.000000170. The Morgan fingerprint density at radius 1 is 0.852 bits per heavy atom. The Kier molecular flexibility index (Phi) is 5.26. The largest absolute Gasteiger partial charge is 0.465 e. The van der Waals surface area contributed by atoms with Crippen molar-refractivity contribution in [1.82, 2.24) is 10.2 Å². The maximum Gasteiger partial charge on any atom is 0.407 e. The first-order valence-corrected chi connectivity index (χ1v) is 9.85. The van der Waals surface area contributed by atoms with E-state index in [-0.39, 0.29) is 0 Å². The Hall–Kier alpha value is -2.59. The molecule has 0 spiro atoms. The average molecular weight is 362 g/mol. The molecule has 4 heteroatoms. The summed E-state index contributed by atoms with van der Waals surface area (Å²) in [5.74, 6) is 0. The first kappa shape index (κ1) is 17.8. The van der Waals surface area contributed by atoms with Gasteiger partial charge in [-0.1, -0.05) is 48.5 Å². The highest BCUT2D eigenvalue weighted by molar-refractivity contribution is 6.08. The van der Waals surface area contributed by atoms with E-state index in [0.29, 0.717) is 13.1 Å². The van der Waals surface area contributed by atoms with Gasteiger partial charge >= 0.3 is 6.09 Å². The first-order valence-electron chi connectivity index (χ1n) is 9.85. The number of carboxylic acid groups (broad SMARTS) is 1. The summed E-state index contributed by atoms with van der Waals surface area (Å²) in [5, 5.41) is 17.1. The van der Waals surface area contributed by atoms with Crippen molar-refractivity contribution in [3.63, 3.8) is 0 Å². The van der Waals surface area contributed by atoms with Crippen LogP contribution in [0.4, 0.5) is 4.79 Å². The molecule has 0 radical (unpaired) electrons. The minimum absolute atomic E-state index is 0.620. The summed E-state index contributed by atoms with van der Waals surface area (Å²) < 4.78 is 0. The van der Waals surface area contributed by atoms with Gasteiger partial charge in [0.1, 0.15) is 0 Å². The van der Waals surface area contributed by atoms with Crippen LogP contribution in [-0.2, 0) is 12.8 Å². The topological polar surface area (TPSA) is 52.6 Å². The van der Waals surface area contributed by atoms with E-state index in [1.807, 2.05) is 0 Å². The van der Waals surface area contributed by atoms with Gasteiger partial charge < -0.3 is 15.3 Å². The van der Waals surface area contributed by atoms with Crippen LogP contribution < -0.4 is 5.32 Å². The van der Waals surface area contributed by atoms with Crippen LogP contribution in [0.5, 0.6) is 0 Å². The molecule has 3 aromatic rings. The number of hydrogen-bond donors (Lipinski definition) is 2. The summed E-state index contributed by atoms with van der Waals surface area (Å²) in [6, 6.07) is 18.0. The zero-order valence-corrected chi connectivity index (χ0v) is 15.6. The minimum Gasteiger partial charge on any atom is -0.465 e. The van der Waals surface area contributed by atoms with E-state index in [1.165, 1.54) is 52.1 Å². The van der Waals surface area contributed by atoms with Crippen molar-refractivity contribution >= 4 is 27.6 Å². The third-order valence-electron chi connectivity index (χ3n) is 5.65. The van der Waals surface area contributed by atoms with Gasteiger partial charge in [-0.2, -0.15) is 0 Å². The lowest BCUT2D eigenvalue weighted by atomic mass is 9.86. The number of fused-ring (bicyclic) bond motifs is 5. The Bertz CT molecular complexity index is 961. The van der Waals surface area contributed by atoms with Crippen LogP contribution >= 0.6 is 0 Å². The van der Waals surface area contributed by atoms with Gasteiger partial charge in [0.05, 0.1) is 0 Å². The first-order chi connectivity index (χ1) is 13.2. The zero-order valence-electron chi connectivity index (χ0n) is 15.6. The number of aryl methyl sites for hydroxylation is 2. The van der Waals surface area contributed by atoms with E-state index >= 15 is 0 Å². The molecule has 1 saturated heterocycles. The second-order valence-electron chi connectivity index (χ2n) is 7.31. The van der Waals surface area contributed by atoms with Crippen LogP contribution in [0.15, 0.2) is 48.5 Å². The maximum atomic E-state index is 10.3. The van der Waals surface area contributed by atoms with E-state index in [1.54, 1.807) is 11.1 Å². The van der Waals surface area contributed by atoms with Crippen molar-refractivity contribution in [1.29, 1.82) is 0 Å². The van der Waals surface area contributed by atoms with Crippen LogP contribution in [0.25, 0.3) is 21.5 Å². The summed E-state index contributed by atoms with van der Waals surface area (Å²) in [4.78, 5) is 11.7. The van der Waals surface area contributed by atoms with Crippen molar-refractivity contribution < 1.29 is 9.90 Å². The molecule has 4 nitrogen and oxygen atoms in total. The molecule has 1 fully saturated rings. The van der Waals surface area contributed by atoms with Crippen LogP contribution in [0.2, 0.25) is 0 Å². The molecule has 1 amide bonds. The van der Waals surface area contributed by atoms with E-state index in [2.05, 4.69) is 53.8 Å². The third-order valence-corrected chi connectivity index (χ3v) is 5.65. The lowest BCUT2D eigenvalue weighted by molar-refractivity contribution is 0.139. The minimum atomic E-state index is -0.809. The number of nitrogens with one attached hydrogen (secondary N) is 1. The van der Waals surface area contributed by atoms with Gasteiger partial charge in [0.15, 0.2) is 0 Å². The molecule has 0 unspecified atom stereocenters. The molecule has 3 aromatic carbocycles. The molecule has 1 aliphatic carbocycles. The smallest absolute Gasteiger partial charge is 0.407 e. The molecule has 0 aromatic heterocycles. The van der Waals surface area contributed by atoms with Crippen molar-refractivity contribution in [3.05, 3.63) is 59.7 Å². The van der Waals surface area contributed by atoms with Gasteiger partial charge in [0, 0.05) is 26.2 Å². The number of carbonyl (C=O) groups is 1. The highest BCUT2D eigenvalue weighted by atomic mass is 16.4. The molecular formula is C23H26N2O2. The third kappa shape index (κ3) is 3.76. The highest BCUT2D eigenvalue weighted by Gasteiger charge is 2.14. The number of piperazine rings is 1. The fourth-order valence-corrected chi connectivity index (χ4v) is 4.20. The van der Waals surface area contributed by atoms with Gasteiger partial charge in [0.25, 0.3) is 0 Å². The van der Waals surface area contributed by atoms with Crippen LogP contribution in [0, 0.1) is 0 Å². The van der Waals surface area contributed by atoms with Crippen LogP contribution in [-0.4, -0.2) is 42.3 Å². The predicted molar refractivity (Wildman–Crippen MR) is 111 cm³/mol. The molecule has 0 bridgehead atoms. The highest BCUT2D eigenvalue weighted by Crippen LogP contribution is 2.33. The van der Waals surface area contributed by atoms with E-state index in [0.717, 1.165) is 13.1 Å². The van der Waals surface area contributed by atoms with Gasteiger partial charge in [-0.15, -0.1) is 0 Å². The Labute approximate surface area is 159 Å². The van der Waals surface area contributed by atoms with Gasteiger partial charge in [-0.25, -0.2) is 4.79 Å². The molecule has 1 aliphatic heterocycles.